The molecule has 0 bridgehead atoms. The van der Waals surface area contributed by atoms with Gasteiger partial charge >= 0.3 is 6.03 Å². The van der Waals surface area contributed by atoms with Gasteiger partial charge in [0, 0.05) is 10.7 Å². The van der Waals surface area contributed by atoms with Crippen LogP contribution >= 0.6 is 11.6 Å². The maximum atomic E-state index is 12.0. The minimum atomic E-state index is -3.44. The maximum absolute atomic E-state index is 12.0. The number of phenols is 1. The molecule has 0 aromatic heterocycles. The summed E-state index contributed by atoms with van der Waals surface area (Å²) in [6.45, 7) is 1.52. The molecule has 8 heteroatoms. The Morgan fingerprint density at radius 3 is 2.57 bits per heavy atom. The van der Waals surface area contributed by atoms with E-state index in [0.29, 0.717) is 10.7 Å². The van der Waals surface area contributed by atoms with E-state index in [2.05, 4.69) is 10.6 Å². The third-order valence-electron chi connectivity index (χ3n) is 3.04. The summed E-state index contributed by atoms with van der Waals surface area (Å²) in [6, 6.07) is 9.62. The van der Waals surface area contributed by atoms with Crippen molar-refractivity contribution in [1.29, 1.82) is 0 Å². The molecule has 0 saturated heterocycles. The van der Waals surface area contributed by atoms with Crippen molar-refractivity contribution in [3.8, 4) is 5.75 Å². The van der Waals surface area contributed by atoms with Gasteiger partial charge in [-0.1, -0.05) is 24.6 Å². The quantitative estimate of drug-likeness (QED) is 0.732. The topological polar surface area (TPSA) is 95.5 Å². The summed E-state index contributed by atoms with van der Waals surface area (Å²) in [5.41, 5.74) is 0.464. The summed E-state index contributed by atoms with van der Waals surface area (Å²) in [6.07, 6.45) is 0. The first-order valence-corrected chi connectivity index (χ1v) is 8.74. The molecule has 0 fully saturated rings. The number of nitrogens with one attached hydrogen (secondary N) is 2. The first-order valence-electron chi connectivity index (χ1n) is 6.71. The Hall–Kier alpha value is -2.25. The number of urea groups is 1. The molecule has 3 N–H and O–H groups in total. The lowest BCUT2D eigenvalue weighted by molar-refractivity contribution is 0.262. The van der Waals surface area contributed by atoms with E-state index >= 15 is 0 Å². The highest BCUT2D eigenvalue weighted by Crippen LogP contribution is 2.27. The number of anilines is 2. The summed E-state index contributed by atoms with van der Waals surface area (Å²) in [5, 5.41) is 15.2. The van der Waals surface area contributed by atoms with Crippen molar-refractivity contribution in [2.45, 2.75) is 11.8 Å². The van der Waals surface area contributed by atoms with Crippen molar-refractivity contribution >= 4 is 38.8 Å². The number of benzene rings is 2. The Balaban J connectivity index is 2.19. The number of sulfone groups is 1. The average molecular weight is 355 g/mol. The van der Waals surface area contributed by atoms with Crippen molar-refractivity contribution in [1.82, 2.24) is 0 Å². The summed E-state index contributed by atoms with van der Waals surface area (Å²) in [5.74, 6) is -0.312. The van der Waals surface area contributed by atoms with Crippen LogP contribution < -0.4 is 10.6 Å². The van der Waals surface area contributed by atoms with Gasteiger partial charge in [0.2, 0.25) is 0 Å². The third kappa shape index (κ3) is 4.37. The van der Waals surface area contributed by atoms with Gasteiger partial charge in [0.25, 0.3) is 0 Å². The second-order valence-corrected chi connectivity index (χ2v) is 7.39. The van der Waals surface area contributed by atoms with Crippen LogP contribution in [0, 0.1) is 0 Å². The van der Waals surface area contributed by atoms with Crippen LogP contribution in [0.5, 0.6) is 5.75 Å². The van der Waals surface area contributed by atoms with E-state index in [1.54, 1.807) is 24.3 Å². The van der Waals surface area contributed by atoms with Gasteiger partial charge in [0.05, 0.1) is 16.3 Å². The van der Waals surface area contributed by atoms with Crippen LogP contribution in [0.25, 0.3) is 0 Å². The Bertz CT molecular complexity index is 837. The lowest BCUT2D eigenvalue weighted by Crippen LogP contribution is -2.19. The predicted octanol–water partition coefficient (Wildman–Crippen LogP) is 3.48. The smallest absolute Gasteiger partial charge is 0.323 e. The Labute approximate surface area is 139 Å². The molecule has 2 rings (SSSR count). The number of carbonyl (C=O) groups is 1. The maximum Gasteiger partial charge on any atom is 0.323 e. The van der Waals surface area contributed by atoms with Crippen LogP contribution in [0.15, 0.2) is 47.4 Å². The van der Waals surface area contributed by atoms with E-state index in [4.69, 9.17) is 11.6 Å². The van der Waals surface area contributed by atoms with Crippen molar-refractivity contribution in [3.63, 3.8) is 0 Å². The van der Waals surface area contributed by atoms with E-state index in [0.717, 1.165) is 0 Å². The van der Waals surface area contributed by atoms with E-state index in [-0.39, 0.29) is 22.1 Å². The van der Waals surface area contributed by atoms with E-state index in [9.17, 15) is 18.3 Å². The molecule has 6 nitrogen and oxygen atoms in total. The standard InChI is InChI=1S/C15H15ClN2O4S/c1-2-23(21,22)12-6-7-14(19)13(9-12)18-15(20)17-11-5-3-4-10(16)8-11/h3-9,19H,2H2,1H3,(H2,17,18,20). The molecule has 0 saturated carbocycles. The fourth-order valence-corrected chi connectivity index (χ4v) is 2.92. The second-order valence-electron chi connectivity index (χ2n) is 4.67. The molecule has 23 heavy (non-hydrogen) atoms. The van der Waals surface area contributed by atoms with Crippen LogP contribution in [0.2, 0.25) is 5.02 Å². The van der Waals surface area contributed by atoms with Crippen molar-refractivity contribution < 1.29 is 18.3 Å². The van der Waals surface area contributed by atoms with Crippen molar-refractivity contribution in [2.24, 2.45) is 0 Å². The molecule has 122 valence electrons. The van der Waals surface area contributed by atoms with Gasteiger partial charge < -0.3 is 15.7 Å². The van der Waals surface area contributed by atoms with Gasteiger partial charge in [-0.15, -0.1) is 0 Å². The molecule has 0 aliphatic heterocycles. The number of hydrogen-bond acceptors (Lipinski definition) is 4. The normalized spacial score (nSPS) is 11.0. The minimum Gasteiger partial charge on any atom is -0.506 e. The highest BCUT2D eigenvalue weighted by molar-refractivity contribution is 7.91. The molecule has 2 amide bonds. The molecule has 0 aliphatic carbocycles. The van der Waals surface area contributed by atoms with Crippen molar-refractivity contribution in [3.05, 3.63) is 47.5 Å². The molecule has 0 spiro atoms. The monoisotopic (exact) mass is 354 g/mol. The zero-order valence-corrected chi connectivity index (χ0v) is 13.8. The minimum absolute atomic E-state index is 0.000877. The number of rotatable bonds is 4. The highest BCUT2D eigenvalue weighted by atomic mass is 35.5. The predicted molar refractivity (Wildman–Crippen MR) is 89.9 cm³/mol. The number of amides is 2. The first kappa shape index (κ1) is 17.1. The molecular weight excluding hydrogens is 340 g/mol. The number of hydrogen-bond donors (Lipinski definition) is 3. The van der Waals surface area contributed by atoms with Gasteiger partial charge in [-0.2, -0.15) is 0 Å². The highest BCUT2D eigenvalue weighted by Gasteiger charge is 2.15. The molecule has 2 aromatic rings. The third-order valence-corrected chi connectivity index (χ3v) is 5.01. The van der Waals surface area contributed by atoms with Crippen LogP contribution in [-0.4, -0.2) is 25.3 Å². The number of phenolic OH excluding ortho intramolecular Hbond substituents is 1. The van der Waals surface area contributed by atoms with Crippen LogP contribution in [-0.2, 0) is 9.84 Å². The molecule has 0 atom stereocenters. The van der Waals surface area contributed by atoms with Crippen molar-refractivity contribution in [2.75, 3.05) is 16.4 Å². The van der Waals surface area contributed by atoms with Crippen LogP contribution in [0.1, 0.15) is 6.92 Å². The SMILES string of the molecule is CCS(=O)(=O)c1ccc(O)c(NC(=O)Nc2cccc(Cl)c2)c1. The molecule has 0 heterocycles. The van der Waals surface area contributed by atoms with Crippen LogP contribution in [0.4, 0.5) is 16.2 Å². The Morgan fingerprint density at radius 1 is 1.17 bits per heavy atom. The number of carbonyl (C=O) groups excluding carboxylic acids is 1. The average Bonchev–Trinajstić information content (AvgIpc) is 2.49. The lowest BCUT2D eigenvalue weighted by atomic mass is 10.3. The second kappa shape index (κ2) is 6.89. The van der Waals surface area contributed by atoms with Gasteiger partial charge in [-0.25, -0.2) is 13.2 Å². The first-order chi connectivity index (χ1) is 10.8. The van der Waals surface area contributed by atoms with E-state index < -0.39 is 15.9 Å². The molecule has 0 radical (unpaired) electrons. The number of halogens is 1. The van der Waals surface area contributed by atoms with Gasteiger partial charge in [0.1, 0.15) is 5.75 Å². The van der Waals surface area contributed by atoms with Gasteiger partial charge in [0.15, 0.2) is 9.84 Å². The van der Waals surface area contributed by atoms with Gasteiger partial charge in [-0.05, 0) is 36.4 Å². The van der Waals surface area contributed by atoms with E-state index in [1.807, 2.05) is 0 Å². The Kier molecular flexibility index (Phi) is 5.12. The summed E-state index contributed by atoms with van der Waals surface area (Å²) < 4.78 is 23.7. The molecule has 0 aliphatic rings. The molecule has 0 unspecified atom stereocenters. The fraction of sp³-hybridized carbons (Fsp3) is 0.133. The van der Waals surface area contributed by atoms with E-state index in [1.165, 1.54) is 25.1 Å². The molecular formula is C15H15ClN2O4S. The number of aromatic hydroxyl groups is 1. The van der Waals surface area contributed by atoms with Gasteiger partial charge in [-0.3, -0.25) is 0 Å². The largest absolute Gasteiger partial charge is 0.506 e. The summed E-state index contributed by atoms with van der Waals surface area (Å²) >= 11 is 5.82. The zero-order valence-electron chi connectivity index (χ0n) is 12.2. The lowest BCUT2D eigenvalue weighted by Gasteiger charge is -2.11. The fourth-order valence-electron chi connectivity index (χ4n) is 1.83. The summed E-state index contributed by atoms with van der Waals surface area (Å²) in [4.78, 5) is 12.0. The Morgan fingerprint density at radius 2 is 1.91 bits per heavy atom. The van der Waals surface area contributed by atoms with Crippen LogP contribution in [0.3, 0.4) is 0 Å². The zero-order chi connectivity index (χ0) is 17.0. The molecule has 2 aromatic carbocycles. The summed E-state index contributed by atoms with van der Waals surface area (Å²) in [7, 11) is -3.44.